The molecule has 0 aliphatic carbocycles. The molecule has 0 radical (unpaired) electrons. The van der Waals surface area contributed by atoms with E-state index in [2.05, 4.69) is 21.9 Å². The lowest BCUT2D eigenvalue weighted by Crippen LogP contribution is -2.24. The quantitative estimate of drug-likeness (QED) is 0.142. The van der Waals surface area contributed by atoms with Crippen LogP contribution in [0.1, 0.15) is 40.6 Å². The second kappa shape index (κ2) is 13.0. The maximum Gasteiger partial charge on any atom is 0.338 e. The van der Waals surface area contributed by atoms with Gasteiger partial charge in [0.15, 0.2) is 28.4 Å². The molecule has 0 bridgehead atoms. The second-order valence-corrected chi connectivity index (χ2v) is 5.94. The molecule has 1 heterocycles. The number of esters is 1. The maximum atomic E-state index is 11.4. The van der Waals surface area contributed by atoms with Crippen molar-refractivity contribution in [1.82, 2.24) is 9.97 Å². The van der Waals surface area contributed by atoms with E-state index in [9.17, 15) is 9.59 Å². The highest BCUT2D eigenvalue weighted by atomic mass is 35.5. The molecule has 0 atom stereocenters. The number of rotatable bonds is 5. The Kier molecular flexibility index (Phi) is 11.6. The second-order valence-electron chi connectivity index (χ2n) is 5.59. The van der Waals surface area contributed by atoms with Gasteiger partial charge in [-0.15, -0.1) is 12.4 Å². The molecule has 13 heteroatoms. The maximum absolute atomic E-state index is 11.4. The lowest BCUT2D eigenvalue weighted by molar-refractivity contribution is 0.0499. The van der Waals surface area contributed by atoms with Crippen LogP contribution in [0.5, 0.6) is 0 Å². The Hall–Kier alpha value is -3.31. The number of hydrogen-bond acceptors (Lipinski definition) is 8. The van der Waals surface area contributed by atoms with E-state index >= 15 is 0 Å². The molecule has 11 nitrogen and oxygen atoms in total. The molecule has 0 fully saturated rings. The topological polar surface area (TPSA) is 212 Å². The van der Waals surface area contributed by atoms with E-state index in [0.717, 1.165) is 12.8 Å². The van der Waals surface area contributed by atoms with E-state index in [1.165, 1.54) is 0 Å². The minimum absolute atomic E-state index is 0. The normalized spacial score (nSPS) is 9.40. The van der Waals surface area contributed by atoms with Crippen molar-refractivity contribution in [3.63, 3.8) is 0 Å². The fourth-order valence-electron chi connectivity index (χ4n) is 1.78. The van der Waals surface area contributed by atoms with Crippen LogP contribution < -0.4 is 28.7 Å². The zero-order valence-electron chi connectivity index (χ0n) is 16.2. The van der Waals surface area contributed by atoms with Gasteiger partial charge in [0.2, 0.25) is 0 Å². The van der Waals surface area contributed by atoms with Crippen molar-refractivity contribution in [2.75, 3.05) is 23.8 Å². The molecule has 0 saturated carbocycles. The first-order valence-electron chi connectivity index (χ1n) is 8.40. The Morgan fingerprint density at radius 3 is 2.20 bits per heavy atom. The number of guanidine groups is 1. The number of carbonyl (C=O) groups excluding carboxylic acids is 2. The van der Waals surface area contributed by atoms with Crippen LogP contribution in [-0.2, 0) is 4.74 Å². The number of aromatic nitrogens is 2. The highest BCUT2D eigenvalue weighted by Gasteiger charge is 2.15. The third-order valence-corrected chi connectivity index (χ3v) is 3.49. The number of aliphatic imine (C=N–C) groups is 1. The molecular formula is C17H24Cl2N8O3. The summed E-state index contributed by atoms with van der Waals surface area (Å²) in [7, 11) is 0. The summed E-state index contributed by atoms with van der Waals surface area (Å²) in [5.74, 6) is -1.78. The van der Waals surface area contributed by atoms with E-state index in [1.807, 2.05) is 0 Å². The van der Waals surface area contributed by atoms with Crippen LogP contribution in [0.3, 0.4) is 0 Å². The summed E-state index contributed by atoms with van der Waals surface area (Å²) in [6, 6.07) is 6.72. The van der Waals surface area contributed by atoms with E-state index < -0.39 is 11.9 Å². The van der Waals surface area contributed by atoms with Gasteiger partial charge in [0, 0.05) is 5.69 Å². The van der Waals surface area contributed by atoms with Crippen LogP contribution in [-0.4, -0.2) is 34.4 Å². The van der Waals surface area contributed by atoms with Crippen molar-refractivity contribution in [3.05, 3.63) is 40.7 Å². The molecule has 1 aromatic carbocycles. The number of nitrogen functional groups attached to an aromatic ring is 3. The number of anilines is 3. The standard InChI is InChI=1S/C11H15NO2.C6H8ClN7O.ClH/c1-2-3-8-14-11(13)9-4-6-10(12)7-5-9;7-2-4(9)13-3(8)1(12-2)5(15)14-6(10)11;/h4-7H,2-3,8,12H2,1H3;(H4,8,9,13)(H4,10,11,14,15);1H. The molecule has 10 N–H and O–H groups in total. The Labute approximate surface area is 184 Å². The van der Waals surface area contributed by atoms with Gasteiger partial charge in [0.25, 0.3) is 0 Å². The number of nitrogens with zero attached hydrogens (tertiary/aromatic N) is 3. The molecule has 1 aromatic heterocycles. The smallest absolute Gasteiger partial charge is 0.338 e. The average molecular weight is 459 g/mol. The van der Waals surface area contributed by atoms with Crippen LogP contribution in [0, 0.1) is 0 Å². The first kappa shape index (κ1) is 26.7. The lowest BCUT2D eigenvalue weighted by atomic mass is 10.2. The monoisotopic (exact) mass is 458 g/mol. The molecule has 30 heavy (non-hydrogen) atoms. The van der Waals surface area contributed by atoms with Crippen molar-refractivity contribution in [2.45, 2.75) is 19.8 Å². The minimum Gasteiger partial charge on any atom is -0.462 e. The van der Waals surface area contributed by atoms with Crippen LogP contribution in [0.25, 0.3) is 0 Å². The van der Waals surface area contributed by atoms with Gasteiger partial charge in [-0.2, -0.15) is 4.99 Å². The molecule has 164 valence electrons. The number of halogens is 2. The van der Waals surface area contributed by atoms with Crippen LogP contribution in [0.4, 0.5) is 17.3 Å². The minimum atomic E-state index is -0.832. The van der Waals surface area contributed by atoms with Crippen molar-refractivity contribution in [1.29, 1.82) is 0 Å². The number of nitrogens with two attached hydrogens (primary N) is 5. The number of benzene rings is 1. The van der Waals surface area contributed by atoms with Crippen LogP contribution in [0.15, 0.2) is 29.3 Å². The van der Waals surface area contributed by atoms with Crippen molar-refractivity contribution >= 4 is 59.2 Å². The number of ether oxygens (including phenoxy) is 1. The molecule has 0 aliphatic rings. The number of unbranched alkanes of at least 4 members (excludes halogenated alkanes) is 1. The van der Waals surface area contributed by atoms with E-state index in [4.69, 9.17) is 45.0 Å². The molecule has 2 aromatic rings. The highest BCUT2D eigenvalue weighted by molar-refractivity contribution is 6.31. The van der Waals surface area contributed by atoms with Gasteiger partial charge >= 0.3 is 11.9 Å². The van der Waals surface area contributed by atoms with Gasteiger partial charge in [-0.25, -0.2) is 14.8 Å². The zero-order chi connectivity index (χ0) is 22.0. The zero-order valence-corrected chi connectivity index (χ0v) is 17.7. The van der Waals surface area contributed by atoms with Gasteiger partial charge in [0.1, 0.15) is 0 Å². The van der Waals surface area contributed by atoms with Crippen molar-refractivity contribution in [3.8, 4) is 0 Å². The van der Waals surface area contributed by atoms with Crippen LogP contribution >= 0.6 is 24.0 Å². The largest absolute Gasteiger partial charge is 0.462 e. The van der Waals surface area contributed by atoms with Crippen molar-refractivity contribution in [2.24, 2.45) is 16.5 Å². The Morgan fingerprint density at radius 1 is 1.07 bits per heavy atom. The number of amides is 1. The third-order valence-electron chi connectivity index (χ3n) is 3.22. The molecule has 0 unspecified atom stereocenters. The van der Waals surface area contributed by atoms with Gasteiger partial charge in [-0.1, -0.05) is 24.9 Å². The summed E-state index contributed by atoms with van der Waals surface area (Å²) in [5, 5.41) is -0.140. The number of hydrogen-bond donors (Lipinski definition) is 5. The molecule has 1 amide bonds. The summed E-state index contributed by atoms with van der Waals surface area (Å²) in [6.07, 6.45) is 1.93. The third kappa shape index (κ3) is 8.80. The highest BCUT2D eigenvalue weighted by Crippen LogP contribution is 2.17. The van der Waals surface area contributed by atoms with Gasteiger partial charge in [0.05, 0.1) is 12.2 Å². The van der Waals surface area contributed by atoms with Gasteiger partial charge in [-0.05, 0) is 30.7 Å². The summed E-state index contributed by atoms with van der Waals surface area (Å²) in [5.41, 5.74) is 27.2. The first-order valence-corrected chi connectivity index (χ1v) is 8.78. The van der Waals surface area contributed by atoms with Gasteiger partial charge in [-0.3, -0.25) is 4.79 Å². The predicted molar refractivity (Wildman–Crippen MR) is 119 cm³/mol. The summed E-state index contributed by atoms with van der Waals surface area (Å²) < 4.78 is 5.03. The molecule has 0 saturated heterocycles. The Bertz CT molecular complexity index is 887. The first-order chi connectivity index (χ1) is 13.6. The molecular weight excluding hydrogens is 435 g/mol. The fraction of sp³-hybridized carbons (Fsp3) is 0.235. The van der Waals surface area contributed by atoms with E-state index in [0.29, 0.717) is 17.9 Å². The van der Waals surface area contributed by atoms with Crippen LogP contribution in [0.2, 0.25) is 5.15 Å². The molecule has 0 aliphatic heterocycles. The van der Waals surface area contributed by atoms with Crippen molar-refractivity contribution < 1.29 is 14.3 Å². The summed E-state index contributed by atoms with van der Waals surface area (Å²) in [6.45, 7) is 2.54. The molecule has 0 spiro atoms. The Balaban J connectivity index is 0.000000544. The summed E-state index contributed by atoms with van der Waals surface area (Å²) >= 11 is 5.55. The summed E-state index contributed by atoms with van der Waals surface area (Å²) in [4.78, 5) is 33.1. The SMILES string of the molecule is CCCCOC(=O)c1ccc(N)cc1.Cl.NC(N)=NC(=O)c1nc(Cl)c(N)nc1N. The predicted octanol–water partition coefficient (Wildman–Crippen LogP) is 1.36. The molecule has 2 rings (SSSR count). The van der Waals surface area contributed by atoms with E-state index in [-0.39, 0.29) is 40.9 Å². The number of carbonyl (C=O) groups is 2. The lowest BCUT2D eigenvalue weighted by Gasteiger charge is -2.03. The Morgan fingerprint density at radius 2 is 1.67 bits per heavy atom. The average Bonchev–Trinajstić information content (AvgIpc) is 2.65. The van der Waals surface area contributed by atoms with Gasteiger partial charge < -0.3 is 33.4 Å². The van der Waals surface area contributed by atoms with E-state index in [1.54, 1.807) is 24.3 Å². The fourth-order valence-corrected chi connectivity index (χ4v) is 1.91.